The second-order valence-electron chi connectivity index (χ2n) is 10.9. The summed E-state index contributed by atoms with van der Waals surface area (Å²) in [6.45, 7) is 4.96. The number of hydrogen-bond acceptors (Lipinski definition) is 7. The van der Waals surface area contributed by atoms with Crippen LogP contribution in [0.1, 0.15) is 43.7 Å². The monoisotopic (exact) mass is 534 g/mol. The number of pyridine rings is 1. The summed E-state index contributed by atoms with van der Waals surface area (Å²) in [5.41, 5.74) is 8.57. The molecule has 0 radical (unpaired) electrons. The summed E-state index contributed by atoms with van der Waals surface area (Å²) in [7, 11) is 1.51. The Bertz CT molecular complexity index is 1480. The van der Waals surface area contributed by atoms with Crippen LogP contribution in [0, 0.1) is 23.5 Å². The first-order valence-electron chi connectivity index (χ1n) is 13.2. The number of aromatic nitrogens is 4. The van der Waals surface area contributed by atoms with Crippen molar-refractivity contribution < 1.29 is 18.3 Å². The molecule has 3 aromatic heterocycles. The van der Waals surface area contributed by atoms with Gasteiger partial charge in [0.05, 0.1) is 48.1 Å². The lowest BCUT2D eigenvalue weighted by Crippen LogP contribution is -2.48. The number of imidazole rings is 1. The van der Waals surface area contributed by atoms with Gasteiger partial charge in [-0.1, -0.05) is 13.8 Å². The van der Waals surface area contributed by atoms with Gasteiger partial charge in [-0.15, -0.1) is 0 Å². The van der Waals surface area contributed by atoms with Crippen LogP contribution in [0.25, 0.3) is 16.8 Å². The molecule has 0 spiro atoms. The van der Waals surface area contributed by atoms with Crippen molar-refractivity contribution in [1.29, 1.82) is 0 Å². The fourth-order valence-electron chi connectivity index (χ4n) is 5.84. The molecule has 39 heavy (non-hydrogen) atoms. The van der Waals surface area contributed by atoms with E-state index in [9.17, 15) is 0 Å². The second-order valence-corrected chi connectivity index (χ2v) is 10.9. The summed E-state index contributed by atoms with van der Waals surface area (Å²) in [4.78, 5) is 8.81. The number of nitrogens with two attached hydrogens (primary N) is 1. The van der Waals surface area contributed by atoms with Crippen molar-refractivity contribution in [3.8, 4) is 11.3 Å². The van der Waals surface area contributed by atoms with Crippen LogP contribution in [0.3, 0.4) is 0 Å². The number of benzene rings is 1. The maximum Gasteiger partial charge on any atom is 0.229 e. The third kappa shape index (κ3) is 4.46. The maximum atomic E-state index is 15.3. The van der Waals surface area contributed by atoms with Gasteiger partial charge in [0, 0.05) is 19.3 Å². The molecule has 2 aliphatic rings. The van der Waals surface area contributed by atoms with Gasteiger partial charge in [-0.3, -0.25) is 4.98 Å². The Labute approximate surface area is 225 Å². The van der Waals surface area contributed by atoms with Crippen molar-refractivity contribution in [3.63, 3.8) is 0 Å². The van der Waals surface area contributed by atoms with Crippen molar-refractivity contribution in [1.82, 2.24) is 19.6 Å². The Kier molecular flexibility index (Phi) is 6.57. The fourth-order valence-corrected chi connectivity index (χ4v) is 5.84. The summed E-state index contributed by atoms with van der Waals surface area (Å²) in [5.74, 6) is 0.232. The van der Waals surface area contributed by atoms with Gasteiger partial charge in [-0.05, 0) is 72.1 Å². The van der Waals surface area contributed by atoms with Crippen molar-refractivity contribution in [2.75, 3.05) is 25.6 Å². The molecule has 1 aliphatic heterocycles. The highest BCUT2D eigenvalue weighted by atomic mass is 19.1. The average molecular weight is 535 g/mol. The lowest BCUT2D eigenvalue weighted by atomic mass is 9.71. The Morgan fingerprint density at radius 3 is 2.54 bits per heavy atom. The van der Waals surface area contributed by atoms with Crippen LogP contribution < -0.4 is 11.1 Å². The first-order valence-corrected chi connectivity index (χ1v) is 13.2. The summed E-state index contributed by atoms with van der Waals surface area (Å²) in [5, 5.41) is 7.92. The summed E-state index contributed by atoms with van der Waals surface area (Å²) >= 11 is 0. The number of fused-ring (bicyclic) bond motifs is 1. The fraction of sp³-hybridized carbons (Fsp3) is 0.414. The molecule has 8 nitrogen and oxygen atoms in total. The number of nitrogens with zero attached hydrogens (tertiary/aromatic N) is 4. The molecule has 0 bridgehead atoms. The van der Waals surface area contributed by atoms with Gasteiger partial charge < -0.3 is 20.5 Å². The van der Waals surface area contributed by atoms with Crippen molar-refractivity contribution in [2.24, 2.45) is 17.6 Å². The molecule has 0 unspecified atom stereocenters. The Balaban J connectivity index is 1.34. The lowest BCUT2D eigenvalue weighted by molar-refractivity contribution is -0.202. The van der Waals surface area contributed by atoms with Gasteiger partial charge in [0.1, 0.15) is 17.2 Å². The van der Waals surface area contributed by atoms with Crippen molar-refractivity contribution in [2.45, 2.75) is 44.2 Å². The zero-order valence-electron chi connectivity index (χ0n) is 22.2. The van der Waals surface area contributed by atoms with Crippen LogP contribution in [0.5, 0.6) is 0 Å². The van der Waals surface area contributed by atoms with E-state index in [0.717, 1.165) is 24.1 Å². The second kappa shape index (κ2) is 9.93. The van der Waals surface area contributed by atoms with Crippen LogP contribution in [0.15, 0.2) is 48.9 Å². The van der Waals surface area contributed by atoms with E-state index < -0.39 is 17.2 Å². The third-order valence-corrected chi connectivity index (χ3v) is 8.60. The molecular formula is C29H32F2N6O2. The molecule has 4 heterocycles. The average Bonchev–Trinajstić information content (AvgIpc) is 3.28. The topological polar surface area (TPSA) is 99.6 Å². The SMILES string of the molecule is COC1(c2cc(F)c(-c3ccc4cnc(Nc5cnccc5[C@H]5C[C@@H](N)[C@@H](C)[C@@H](C)C5)n4n3)c(F)c2)COC1. The predicted molar refractivity (Wildman–Crippen MR) is 144 cm³/mol. The molecule has 0 amide bonds. The smallest absolute Gasteiger partial charge is 0.229 e. The standard InChI is InChI=1S/C29H32F2N6O2/c1-16-8-18(9-24(32)17(16)2)21-6-7-33-13-26(21)35-28-34-12-20-4-5-25(36-37(20)28)27-22(30)10-19(11-23(27)31)29(38-3)14-39-15-29/h4-7,10-13,16-18,24H,8-9,14-15,32H2,1-3H3,(H,34,35)/t16-,17-,18+,24+/m0/s1. The highest BCUT2D eigenvalue weighted by molar-refractivity contribution is 5.66. The minimum Gasteiger partial charge on any atom is -0.375 e. The van der Waals surface area contributed by atoms with E-state index >= 15 is 8.78 Å². The highest BCUT2D eigenvalue weighted by Crippen LogP contribution is 2.41. The molecule has 6 rings (SSSR count). The van der Waals surface area contributed by atoms with Gasteiger partial charge in [0.25, 0.3) is 0 Å². The van der Waals surface area contributed by atoms with Gasteiger partial charge in [-0.25, -0.2) is 13.8 Å². The van der Waals surface area contributed by atoms with Crippen LogP contribution in [-0.4, -0.2) is 45.9 Å². The number of hydrogen-bond donors (Lipinski definition) is 2. The van der Waals surface area contributed by atoms with E-state index in [1.165, 1.54) is 19.2 Å². The van der Waals surface area contributed by atoms with Crippen LogP contribution >= 0.6 is 0 Å². The molecule has 10 heteroatoms. The van der Waals surface area contributed by atoms with E-state index in [4.69, 9.17) is 15.2 Å². The predicted octanol–water partition coefficient (Wildman–Crippen LogP) is 5.16. The van der Waals surface area contributed by atoms with E-state index in [-0.39, 0.29) is 36.4 Å². The quantitative estimate of drug-likeness (QED) is 0.352. The molecule has 1 aromatic carbocycles. The normalized spacial score (nSPS) is 24.5. The highest BCUT2D eigenvalue weighted by Gasteiger charge is 2.41. The number of rotatable bonds is 6. The minimum atomic E-state index is -0.835. The van der Waals surface area contributed by atoms with Gasteiger partial charge >= 0.3 is 0 Å². The number of halogens is 2. The van der Waals surface area contributed by atoms with Crippen LogP contribution in [0.2, 0.25) is 0 Å². The van der Waals surface area contributed by atoms with E-state index in [1.54, 1.807) is 35.2 Å². The first kappa shape index (κ1) is 25.8. The lowest BCUT2D eigenvalue weighted by Gasteiger charge is -2.40. The van der Waals surface area contributed by atoms with Gasteiger partial charge in [0.15, 0.2) is 0 Å². The van der Waals surface area contributed by atoms with E-state index in [1.807, 2.05) is 6.07 Å². The molecule has 1 saturated carbocycles. The summed E-state index contributed by atoms with van der Waals surface area (Å²) < 4.78 is 42.9. The Hall–Kier alpha value is -3.47. The van der Waals surface area contributed by atoms with Crippen molar-refractivity contribution in [3.05, 3.63) is 71.7 Å². The Morgan fingerprint density at radius 2 is 1.87 bits per heavy atom. The summed E-state index contributed by atoms with van der Waals surface area (Å²) in [6.07, 6.45) is 7.13. The number of methoxy groups -OCH3 is 1. The number of anilines is 2. The third-order valence-electron chi connectivity index (χ3n) is 8.60. The molecule has 1 aliphatic carbocycles. The largest absolute Gasteiger partial charge is 0.375 e. The van der Waals surface area contributed by atoms with Crippen molar-refractivity contribution >= 4 is 17.2 Å². The molecule has 2 fully saturated rings. The molecule has 4 aromatic rings. The number of nitrogens with one attached hydrogen (secondary N) is 1. The zero-order chi connectivity index (χ0) is 27.3. The molecule has 3 N–H and O–H groups in total. The molecule has 204 valence electrons. The number of ether oxygens (including phenoxy) is 2. The first-order chi connectivity index (χ1) is 18.8. The molecule has 1 saturated heterocycles. The summed E-state index contributed by atoms with van der Waals surface area (Å²) in [6, 6.07) is 8.05. The molecule has 4 atom stereocenters. The van der Waals surface area contributed by atoms with E-state index in [0.29, 0.717) is 28.9 Å². The Morgan fingerprint density at radius 1 is 1.10 bits per heavy atom. The molecular weight excluding hydrogens is 502 g/mol. The van der Waals surface area contributed by atoms with Gasteiger partial charge in [-0.2, -0.15) is 9.61 Å². The zero-order valence-corrected chi connectivity index (χ0v) is 22.2. The minimum absolute atomic E-state index is 0.128. The van der Waals surface area contributed by atoms with Gasteiger partial charge in [0.2, 0.25) is 5.95 Å². The van der Waals surface area contributed by atoms with Crippen LogP contribution in [0.4, 0.5) is 20.4 Å². The van der Waals surface area contributed by atoms with Crippen LogP contribution in [-0.2, 0) is 15.1 Å². The maximum absolute atomic E-state index is 15.3. The van der Waals surface area contributed by atoms with E-state index in [2.05, 4.69) is 34.2 Å².